The lowest BCUT2D eigenvalue weighted by Crippen LogP contribution is -2.31. The second-order valence-corrected chi connectivity index (χ2v) is 3.89. The van der Waals surface area contributed by atoms with Gasteiger partial charge in [-0.3, -0.25) is 14.4 Å². The Kier molecular flexibility index (Phi) is 2.99. The summed E-state index contributed by atoms with van der Waals surface area (Å²) in [6.45, 7) is 0.399. The van der Waals surface area contributed by atoms with Crippen molar-refractivity contribution in [2.24, 2.45) is 5.92 Å². The lowest BCUT2D eigenvalue weighted by atomic mass is 9.89. The van der Waals surface area contributed by atoms with Crippen LogP contribution in [0.25, 0.3) is 0 Å². The molecule has 1 heterocycles. The molecule has 1 aliphatic heterocycles. The van der Waals surface area contributed by atoms with Crippen LogP contribution >= 0.6 is 0 Å². The van der Waals surface area contributed by atoms with Gasteiger partial charge in [0.05, 0.1) is 6.61 Å². The van der Waals surface area contributed by atoms with E-state index in [0.29, 0.717) is 18.6 Å². The fourth-order valence-electron chi connectivity index (χ4n) is 1.83. The first-order valence-electron chi connectivity index (χ1n) is 5.30. The van der Waals surface area contributed by atoms with Crippen molar-refractivity contribution in [2.75, 3.05) is 6.61 Å². The van der Waals surface area contributed by atoms with E-state index in [-0.39, 0.29) is 18.0 Å². The lowest BCUT2D eigenvalue weighted by Gasteiger charge is -2.20. The molecule has 2 rings (SSSR count). The van der Waals surface area contributed by atoms with Crippen LogP contribution in [0.5, 0.6) is 0 Å². The number of carbonyl (C=O) groups excluding carboxylic acids is 3. The quantitative estimate of drug-likeness (QED) is 0.513. The van der Waals surface area contributed by atoms with E-state index >= 15 is 0 Å². The van der Waals surface area contributed by atoms with Gasteiger partial charge in [0.15, 0.2) is 11.6 Å². The summed E-state index contributed by atoms with van der Waals surface area (Å²) in [6.07, 6.45) is 5.93. The van der Waals surface area contributed by atoms with Crippen molar-refractivity contribution in [3.8, 4) is 0 Å². The number of rotatable bonds is 2. The summed E-state index contributed by atoms with van der Waals surface area (Å²) in [5, 5.41) is 0. The maximum absolute atomic E-state index is 11.9. The van der Waals surface area contributed by atoms with Crippen LogP contribution in [-0.4, -0.2) is 24.1 Å². The Labute approximate surface area is 93.0 Å². The van der Waals surface area contributed by atoms with Gasteiger partial charge in [0.25, 0.3) is 0 Å². The van der Waals surface area contributed by atoms with Crippen molar-refractivity contribution < 1.29 is 19.1 Å². The largest absolute Gasteiger partial charge is 0.465 e. The predicted molar refractivity (Wildman–Crippen MR) is 55.5 cm³/mol. The molecule has 1 unspecified atom stereocenters. The van der Waals surface area contributed by atoms with E-state index < -0.39 is 11.9 Å². The van der Waals surface area contributed by atoms with Crippen LogP contribution in [0.2, 0.25) is 0 Å². The highest BCUT2D eigenvalue weighted by atomic mass is 16.5. The Balaban J connectivity index is 2.10. The Morgan fingerprint density at radius 3 is 2.75 bits per heavy atom. The minimum absolute atomic E-state index is 0.0252. The van der Waals surface area contributed by atoms with Crippen molar-refractivity contribution in [3.63, 3.8) is 0 Å². The van der Waals surface area contributed by atoms with Crippen LogP contribution in [0.4, 0.5) is 0 Å². The number of hydrogen-bond donors (Lipinski definition) is 0. The van der Waals surface area contributed by atoms with Gasteiger partial charge < -0.3 is 4.74 Å². The molecule has 1 fully saturated rings. The van der Waals surface area contributed by atoms with Gasteiger partial charge in [0.2, 0.25) is 0 Å². The molecule has 0 aromatic rings. The second kappa shape index (κ2) is 4.43. The van der Waals surface area contributed by atoms with Crippen LogP contribution in [-0.2, 0) is 19.1 Å². The van der Waals surface area contributed by atoms with Gasteiger partial charge in [-0.25, -0.2) is 0 Å². The molecule has 1 aliphatic carbocycles. The molecule has 0 saturated carbocycles. The zero-order valence-electron chi connectivity index (χ0n) is 8.77. The number of Topliss-reactive ketones (excluding diaryl/α,β-unsaturated/α-hetero) is 1. The van der Waals surface area contributed by atoms with Gasteiger partial charge >= 0.3 is 5.97 Å². The van der Waals surface area contributed by atoms with Crippen molar-refractivity contribution in [1.82, 2.24) is 0 Å². The Morgan fingerprint density at radius 2 is 2.12 bits per heavy atom. The van der Waals surface area contributed by atoms with Crippen LogP contribution in [0, 0.1) is 5.92 Å². The minimum Gasteiger partial charge on any atom is -0.465 e. The summed E-state index contributed by atoms with van der Waals surface area (Å²) in [6, 6.07) is 0. The first kappa shape index (κ1) is 10.8. The highest BCUT2D eigenvalue weighted by molar-refractivity contribution is 6.11. The summed E-state index contributed by atoms with van der Waals surface area (Å²) < 4.78 is 4.85. The van der Waals surface area contributed by atoms with Gasteiger partial charge in [-0.05, 0) is 25.0 Å². The summed E-state index contributed by atoms with van der Waals surface area (Å²) in [7, 11) is 0. The Morgan fingerprint density at radius 1 is 1.31 bits per heavy atom. The predicted octanol–water partition coefficient (Wildman–Crippen LogP) is 0.964. The van der Waals surface area contributed by atoms with Gasteiger partial charge in [0, 0.05) is 12.0 Å². The SMILES string of the molecule is O=C1C=CC(C(=O)C2CCCOC2=O)=CC1. The van der Waals surface area contributed by atoms with Gasteiger partial charge in [0.1, 0.15) is 5.92 Å². The molecule has 0 radical (unpaired) electrons. The van der Waals surface area contributed by atoms with Crippen LogP contribution in [0.1, 0.15) is 19.3 Å². The molecule has 0 spiro atoms. The number of carbonyl (C=O) groups is 3. The number of allylic oxidation sites excluding steroid dienone is 4. The maximum Gasteiger partial charge on any atom is 0.316 e. The summed E-state index contributed by atoms with van der Waals surface area (Å²) in [4.78, 5) is 34.3. The van der Waals surface area contributed by atoms with E-state index in [9.17, 15) is 14.4 Å². The molecule has 0 aromatic carbocycles. The molecule has 0 bridgehead atoms. The highest BCUT2D eigenvalue weighted by Crippen LogP contribution is 2.21. The van der Waals surface area contributed by atoms with Gasteiger partial charge in [-0.15, -0.1) is 0 Å². The summed E-state index contributed by atoms with van der Waals surface area (Å²) in [5.41, 5.74) is 0.448. The Bertz CT molecular complexity index is 403. The minimum atomic E-state index is -0.683. The first-order valence-corrected chi connectivity index (χ1v) is 5.30. The van der Waals surface area contributed by atoms with Crippen LogP contribution < -0.4 is 0 Å². The van der Waals surface area contributed by atoms with E-state index in [1.165, 1.54) is 12.2 Å². The standard InChI is InChI=1S/C12H12O4/c13-9-5-3-8(4-6-9)11(14)10-2-1-7-16-12(10)15/h3-5,10H,1-2,6-7H2. The number of esters is 1. The smallest absolute Gasteiger partial charge is 0.316 e. The second-order valence-electron chi connectivity index (χ2n) is 3.89. The topological polar surface area (TPSA) is 60.4 Å². The molecule has 0 amide bonds. The third kappa shape index (κ3) is 2.10. The molecular weight excluding hydrogens is 208 g/mol. The van der Waals surface area contributed by atoms with Gasteiger partial charge in [-0.1, -0.05) is 6.08 Å². The van der Waals surface area contributed by atoms with Gasteiger partial charge in [-0.2, -0.15) is 0 Å². The van der Waals surface area contributed by atoms with E-state index in [2.05, 4.69) is 0 Å². The third-order valence-electron chi connectivity index (χ3n) is 2.74. The maximum atomic E-state index is 11.9. The van der Waals surface area contributed by atoms with E-state index in [1.54, 1.807) is 6.08 Å². The fraction of sp³-hybridized carbons (Fsp3) is 0.417. The average molecular weight is 220 g/mol. The molecule has 0 N–H and O–H groups in total. The zero-order chi connectivity index (χ0) is 11.5. The Hall–Kier alpha value is -1.71. The highest BCUT2D eigenvalue weighted by Gasteiger charge is 2.32. The molecular formula is C12H12O4. The summed E-state index contributed by atoms with van der Waals surface area (Å²) >= 11 is 0. The van der Waals surface area contributed by atoms with Crippen molar-refractivity contribution in [1.29, 1.82) is 0 Å². The van der Waals surface area contributed by atoms with Crippen LogP contribution in [0.15, 0.2) is 23.8 Å². The number of ether oxygens (including phenoxy) is 1. The first-order chi connectivity index (χ1) is 7.68. The van der Waals surface area contributed by atoms with Crippen molar-refractivity contribution in [3.05, 3.63) is 23.8 Å². The van der Waals surface area contributed by atoms with Crippen molar-refractivity contribution in [2.45, 2.75) is 19.3 Å². The molecule has 84 valence electrons. The molecule has 4 nitrogen and oxygen atoms in total. The van der Waals surface area contributed by atoms with E-state index in [4.69, 9.17) is 4.74 Å². The molecule has 1 saturated heterocycles. The van der Waals surface area contributed by atoms with E-state index in [1.807, 2.05) is 0 Å². The normalized spacial score (nSPS) is 25.0. The monoisotopic (exact) mass is 220 g/mol. The number of cyclic esters (lactones) is 1. The van der Waals surface area contributed by atoms with Crippen LogP contribution in [0.3, 0.4) is 0 Å². The number of hydrogen-bond acceptors (Lipinski definition) is 4. The molecule has 2 aliphatic rings. The zero-order valence-corrected chi connectivity index (χ0v) is 8.77. The fourth-order valence-corrected chi connectivity index (χ4v) is 1.83. The molecule has 4 heteroatoms. The third-order valence-corrected chi connectivity index (χ3v) is 2.74. The molecule has 0 aromatic heterocycles. The number of ketones is 2. The summed E-state index contributed by atoms with van der Waals surface area (Å²) in [5.74, 6) is -1.38. The van der Waals surface area contributed by atoms with E-state index in [0.717, 1.165) is 6.42 Å². The lowest BCUT2D eigenvalue weighted by molar-refractivity contribution is -0.155. The van der Waals surface area contributed by atoms with Crippen molar-refractivity contribution >= 4 is 17.5 Å². The molecule has 1 atom stereocenters. The molecule has 16 heavy (non-hydrogen) atoms. The average Bonchev–Trinajstić information content (AvgIpc) is 2.30.